The maximum absolute atomic E-state index is 13.3. The van der Waals surface area contributed by atoms with Crippen molar-refractivity contribution in [1.29, 1.82) is 0 Å². The van der Waals surface area contributed by atoms with Gasteiger partial charge in [0.2, 0.25) is 6.29 Å². The highest BCUT2D eigenvalue weighted by molar-refractivity contribution is 5.87. The van der Waals surface area contributed by atoms with Gasteiger partial charge in [-0.05, 0) is 54.1 Å². The molecule has 0 radical (unpaired) electrons. The molecule has 292 valence electrons. The van der Waals surface area contributed by atoms with Gasteiger partial charge in [0.25, 0.3) is 0 Å². The number of benzene rings is 4. The van der Waals surface area contributed by atoms with E-state index in [2.05, 4.69) is 0 Å². The lowest BCUT2D eigenvalue weighted by Gasteiger charge is -2.41. The van der Waals surface area contributed by atoms with Crippen LogP contribution in [0.1, 0.15) is 17.2 Å². The molecule has 5 aromatic rings. The minimum atomic E-state index is -1.82. The second kappa shape index (κ2) is 15.8. The molecule has 1 aromatic heterocycles. The fourth-order valence-electron chi connectivity index (χ4n) is 6.38. The first-order chi connectivity index (χ1) is 27.0. The summed E-state index contributed by atoms with van der Waals surface area (Å²) in [5, 5.41) is 72.0. The van der Waals surface area contributed by atoms with E-state index in [4.69, 9.17) is 32.8 Å². The lowest BCUT2D eigenvalue weighted by molar-refractivity contribution is -0.280. The van der Waals surface area contributed by atoms with Crippen LogP contribution in [0.3, 0.4) is 0 Å². The van der Waals surface area contributed by atoms with E-state index < -0.39 is 66.7 Å². The van der Waals surface area contributed by atoms with Gasteiger partial charge in [0, 0.05) is 35.4 Å². The van der Waals surface area contributed by atoms with E-state index in [1.807, 2.05) is 0 Å². The number of aromatic hydroxyl groups is 3. The predicted molar refractivity (Wildman–Crippen MR) is 195 cm³/mol. The Morgan fingerprint density at radius 1 is 0.821 bits per heavy atom. The fraction of sp³-hybridized carbons (Fsp3) is 0.250. The molecular weight excluding hydrogens is 736 g/mol. The molecule has 2 aliphatic heterocycles. The number of carbonyl (C=O) groups is 1. The zero-order valence-electron chi connectivity index (χ0n) is 29.4. The lowest BCUT2D eigenvalue weighted by Crippen LogP contribution is -2.61. The zero-order chi connectivity index (χ0) is 39.7. The van der Waals surface area contributed by atoms with Crippen molar-refractivity contribution in [3.63, 3.8) is 0 Å². The number of aliphatic hydroxyl groups excluding tert-OH is 4. The van der Waals surface area contributed by atoms with Gasteiger partial charge in [0.1, 0.15) is 52.3 Å². The number of phenols is 3. The van der Waals surface area contributed by atoms with Crippen molar-refractivity contribution in [2.45, 2.75) is 42.9 Å². The molecule has 16 heteroatoms. The minimum Gasteiger partial charge on any atom is -0.508 e. The fourth-order valence-corrected chi connectivity index (χ4v) is 6.38. The molecule has 0 amide bonds. The number of esters is 1. The maximum atomic E-state index is 13.3. The van der Waals surface area contributed by atoms with E-state index in [0.717, 1.165) is 12.1 Å². The van der Waals surface area contributed by atoms with Crippen LogP contribution in [-0.4, -0.2) is 98.8 Å². The molecule has 1 saturated heterocycles. The topological polar surface area (TPSA) is 244 Å². The summed E-state index contributed by atoms with van der Waals surface area (Å²) < 4.78 is 40.2. The maximum Gasteiger partial charge on any atom is 0.331 e. The molecule has 0 saturated carbocycles. The quantitative estimate of drug-likeness (QED) is 0.0797. The third kappa shape index (κ3) is 7.64. The third-order valence-corrected chi connectivity index (χ3v) is 9.22. The Balaban J connectivity index is 1.10. The van der Waals surface area contributed by atoms with Gasteiger partial charge in [0.05, 0.1) is 20.3 Å². The summed E-state index contributed by atoms with van der Waals surface area (Å²) in [6.07, 6.45) is -7.24. The van der Waals surface area contributed by atoms with E-state index in [1.54, 1.807) is 42.5 Å². The number of fused-ring (bicyclic) bond motifs is 2. The number of phenolic OH excluding ortho intramolecular Hbond substituents is 3. The molecule has 16 nitrogen and oxygen atoms in total. The number of hydrogen-bond donors (Lipinski definition) is 7. The molecule has 0 spiro atoms. The van der Waals surface area contributed by atoms with Gasteiger partial charge in [0.15, 0.2) is 46.7 Å². The van der Waals surface area contributed by atoms with Crippen LogP contribution in [0.4, 0.5) is 0 Å². The van der Waals surface area contributed by atoms with Crippen LogP contribution in [-0.2, 0) is 14.3 Å². The summed E-state index contributed by atoms with van der Waals surface area (Å²) in [6, 6.07) is 18.8. The molecule has 7 unspecified atom stereocenters. The van der Waals surface area contributed by atoms with Crippen molar-refractivity contribution in [2.24, 2.45) is 0 Å². The normalized spacial score (nSPS) is 23.2. The molecular formula is C40H36O16. The van der Waals surface area contributed by atoms with Crippen molar-refractivity contribution in [1.82, 2.24) is 0 Å². The SMILES string of the molecule is COc1cc(C2Oc3cc(-c4cc(=O)c5c(O)cc(OC6OC(CO)C(OC(=O)C=Cc7ccc(O)cc7)C(O)C6O)cc5o4)ccc3OC2CO)ccc1O. The highest BCUT2D eigenvalue weighted by atomic mass is 16.7. The molecule has 3 heterocycles. The lowest BCUT2D eigenvalue weighted by atomic mass is 9.99. The summed E-state index contributed by atoms with van der Waals surface area (Å²) in [5.74, 6) is -0.816. The first-order valence-electron chi connectivity index (χ1n) is 17.2. The molecule has 7 rings (SSSR count). The zero-order valence-corrected chi connectivity index (χ0v) is 29.4. The Morgan fingerprint density at radius 2 is 1.59 bits per heavy atom. The molecule has 0 bridgehead atoms. The Kier molecular flexibility index (Phi) is 10.7. The largest absolute Gasteiger partial charge is 0.508 e. The van der Waals surface area contributed by atoms with Gasteiger partial charge in [-0.15, -0.1) is 0 Å². The smallest absolute Gasteiger partial charge is 0.331 e. The minimum absolute atomic E-state index is 0.0386. The average Bonchev–Trinajstić information content (AvgIpc) is 3.19. The van der Waals surface area contributed by atoms with Crippen molar-refractivity contribution >= 4 is 23.0 Å². The van der Waals surface area contributed by atoms with Crippen molar-refractivity contribution in [2.75, 3.05) is 20.3 Å². The summed E-state index contributed by atoms with van der Waals surface area (Å²) in [6.45, 7) is -1.13. The monoisotopic (exact) mass is 772 g/mol. The molecule has 7 atom stereocenters. The van der Waals surface area contributed by atoms with Gasteiger partial charge < -0.3 is 68.6 Å². The van der Waals surface area contributed by atoms with Gasteiger partial charge in [-0.2, -0.15) is 0 Å². The second-order valence-electron chi connectivity index (χ2n) is 12.9. The summed E-state index contributed by atoms with van der Waals surface area (Å²) >= 11 is 0. The van der Waals surface area contributed by atoms with Crippen LogP contribution < -0.4 is 24.4 Å². The summed E-state index contributed by atoms with van der Waals surface area (Å²) in [7, 11) is 1.40. The number of hydrogen-bond acceptors (Lipinski definition) is 16. The van der Waals surface area contributed by atoms with Crippen LogP contribution in [0.2, 0.25) is 0 Å². The first-order valence-corrected chi connectivity index (χ1v) is 17.2. The van der Waals surface area contributed by atoms with E-state index in [1.165, 1.54) is 43.5 Å². The molecule has 4 aromatic carbocycles. The Hall–Kier alpha value is -6.30. The van der Waals surface area contributed by atoms with E-state index in [0.29, 0.717) is 22.4 Å². The van der Waals surface area contributed by atoms with Crippen molar-refractivity contribution < 1.29 is 73.4 Å². The van der Waals surface area contributed by atoms with Gasteiger partial charge >= 0.3 is 5.97 Å². The number of carbonyl (C=O) groups excluding carboxylic acids is 1. The van der Waals surface area contributed by atoms with Crippen LogP contribution in [0, 0.1) is 0 Å². The molecule has 2 aliphatic rings. The third-order valence-electron chi connectivity index (χ3n) is 9.22. The number of aliphatic hydroxyl groups is 4. The molecule has 56 heavy (non-hydrogen) atoms. The van der Waals surface area contributed by atoms with Crippen molar-refractivity contribution in [3.8, 4) is 51.6 Å². The summed E-state index contributed by atoms with van der Waals surface area (Å²) in [5.41, 5.74) is 0.765. The van der Waals surface area contributed by atoms with Crippen LogP contribution in [0.5, 0.6) is 40.2 Å². The van der Waals surface area contributed by atoms with Crippen LogP contribution >= 0.6 is 0 Å². The Labute approximate surface area is 317 Å². The highest BCUT2D eigenvalue weighted by Gasteiger charge is 2.47. The van der Waals surface area contributed by atoms with Crippen LogP contribution in [0.15, 0.2) is 94.2 Å². The first kappa shape index (κ1) is 38.0. The average molecular weight is 773 g/mol. The molecule has 7 N–H and O–H groups in total. The van der Waals surface area contributed by atoms with E-state index in [9.17, 15) is 45.3 Å². The number of rotatable bonds is 10. The van der Waals surface area contributed by atoms with Crippen molar-refractivity contribution in [3.05, 3.63) is 106 Å². The molecule has 0 aliphatic carbocycles. The summed E-state index contributed by atoms with van der Waals surface area (Å²) in [4.78, 5) is 25.8. The van der Waals surface area contributed by atoms with E-state index >= 15 is 0 Å². The van der Waals surface area contributed by atoms with Crippen LogP contribution in [0.25, 0.3) is 28.4 Å². The van der Waals surface area contributed by atoms with E-state index in [-0.39, 0.29) is 52.1 Å². The van der Waals surface area contributed by atoms with Gasteiger partial charge in [-0.25, -0.2) is 4.79 Å². The van der Waals surface area contributed by atoms with Gasteiger partial charge in [-0.1, -0.05) is 18.2 Å². The predicted octanol–water partition coefficient (Wildman–Crippen LogP) is 2.90. The Morgan fingerprint density at radius 3 is 2.32 bits per heavy atom. The number of methoxy groups -OCH3 is 1. The second-order valence-corrected chi connectivity index (χ2v) is 12.9. The Bertz CT molecular complexity index is 2320. The standard InChI is InChI=1S/C40H36O16/c1-50-29-13-21(5-9-24(29)44)38-32(17-41)52-27-10-6-20(12-30(27)54-38)28-16-26(46)35-25(45)14-23(15-31(35)53-28)51-40-37(49)36(48)39(33(18-42)55-40)56-34(47)11-4-19-2-7-22(43)8-3-19/h2-16,32-33,36-45,48-49H,17-18H2,1H3. The van der Waals surface area contributed by atoms with Gasteiger partial charge in [-0.3, -0.25) is 4.79 Å². The highest BCUT2D eigenvalue weighted by Crippen LogP contribution is 2.43. The number of ether oxygens (including phenoxy) is 6. The molecule has 1 fully saturated rings.